The molecule has 0 spiro atoms. The van der Waals surface area contributed by atoms with Gasteiger partial charge in [0, 0.05) is 34.6 Å². The third-order valence-electron chi connectivity index (χ3n) is 5.97. The fourth-order valence-corrected chi connectivity index (χ4v) is 4.27. The van der Waals surface area contributed by atoms with Crippen LogP contribution >= 0.6 is 0 Å². The summed E-state index contributed by atoms with van der Waals surface area (Å²) in [6, 6.07) is 9.21. The first-order chi connectivity index (χ1) is 15.0. The van der Waals surface area contributed by atoms with Crippen LogP contribution in [0.15, 0.2) is 30.3 Å². The second kappa shape index (κ2) is 8.08. The number of benzene rings is 1. The quantitative estimate of drug-likeness (QED) is 0.574. The fraction of sp³-hybridized carbons (Fsp3) is 0.440. The molecule has 0 bridgehead atoms. The summed E-state index contributed by atoms with van der Waals surface area (Å²) in [4.78, 5) is 9.58. The normalized spacial score (nSPS) is 18.5. The second-order valence-electron chi connectivity index (χ2n) is 8.81. The molecule has 1 aromatic carbocycles. The number of hydrogen-bond donors (Lipinski definition) is 0. The zero-order valence-corrected chi connectivity index (χ0v) is 18.3. The van der Waals surface area contributed by atoms with E-state index < -0.39 is 0 Å². The molecular formula is C25H28FN3O2. The summed E-state index contributed by atoms with van der Waals surface area (Å²) in [6.07, 6.45) is 3.19. The van der Waals surface area contributed by atoms with Gasteiger partial charge in [-0.25, -0.2) is 9.37 Å². The third kappa shape index (κ3) is 4.22. The Morgan fingerprint density at radius 2 is 1.87 bits per heavy atom. The van der Waals surface area contributed by atoms with E-state index >= 15 is 0 Å². The molecule has 1 aliphatic carbocycles. The summed E-state index contributed by atoms with van der Waals surface area (Å²) in [5, 5.41) is 0. The Morgan fingerprint density at radius 1 is 1.10 bits per heavy atom. The summed E-state index contributed by atoms with van der Waals surface area (Å²) in [7, 11) is 0. The lowest BCUT2D eigenvalue weighted by Crippen LogP contribution is -2.15. The predicted molar refractivity (Wildman–Crippen MR) is 118 cm³/mol. The molecule has 162 valence electrons. The van der Waals surface area contributed by atoms with Crippen LogP contribution in [-0.4, -0.2) is 33.9 Å². The number of nitrogens with zero attached hydrogens (tertiary/aromatic N) is 3. The van der Waals surface area contributed by atoms with Gasteiger partial charge >= 0.3 is 0 Å². The van der Waals surface area contributed by atoms with Crippen LogP contribution in [0, 0.1) is 25.6 Å². The van der Waals surface area contributed by atoms with Crippen LogP contribution in [0.1, 0.15) is 36.8 Å². The zero-order valence-electron chi connectivity index (χ0n) is 18.3. The molecule has 2 aliphatic rings. The molecule has 6 heteroatoms. The van der Waals surface area contributed by atoms with Gasteiger partial charge in [0.25, 0.3) is 0 Å². The molecule has 0 unspecified atom stereocenters. The average Bonchev–Trinajstić information content (AvgIpc) is 3.51. The van der Waals surface area contributed by atoms with Gasteiger partial charge in [-0.15, -0.1) is 0 Å². The number of fused-ring (bicyclic) bond motifs is 1. The van der Waals surface area contributed by atoms with Gasteiger partial charge in [0.2, 0.25) is 0 Å². The van der Waals surface area contributed by atoms with E-state index in [1.165, 1.54) is 18.9 Å². The van der Waals surface area contributed by atoms with E-state index in [1.54, 1.807) is 12.1 Å². The van der Waals surface area contributed by atoms with Gasteiger partial charge < -0.3 is 14.0 Å². The molecule has 3 aromatic rings. The van der Waals surface area contributed by atoms with Crippen molar-refractivity contribution in [1.82, 2.24) is 14.5 Å². The smallest absolute Gasteiger partial charge is 0.165 e. The molecule has 5 rings (SSSR count). The second-order valence-corrected chi connectivity index (χ2v) is 8.81. The molecule has 0 N–H and O–H groups in total. The zero-order chi connectivity index (χ0) is 21.5. The molecule has 5 nitrogen and oxygen atoms in total. The highest BCUT2D eigenvalue weighted by Gasteiger charge is 2.26. The molecule has 3 heterocycles. The number of pyridine rings is 1. The molecule has 1 fully saturated rings. The van der Waals surface area contributed by atoms with Crippen LogP contribution in [-0.2, 0) is 17.7 Å². The topological polar surface area (TPSA) is 49.2 Å². The van der Waals surface area contributed by atoms with E-state index in [-0.39, 0.29) is 11.9 Å². The van der Waals surface area contributed by atoms with E-state index in [9.17, 15) is 4.39 Å². The van der Waals surface area contributed by atoms with Crippen molar-refractivity contribution in [3.63, 3.8) is 0 Å². The summed E-state index contributed by atoms with van der Waals surface area (Å²) in [6.45, 7) is 8.01. The number of hydrogen-bond acceptors (Lipinski definition) is 4. The van der Waals surface area contributed by atoms with E-state index in [1.807, 2.05) is 13.8 Å². The van der Waals surface area contributed by atoms with Gasteiger partial charge in [0.1, 0.15) is 5.82 Å². The highest BCUT2D eigenvalue weighted by Crippen LogP contribution is 2.35. The van der Waals surface area contributed by atoms with Gasteiger partial charge in [-0.2, -0.15) is 0 Å². The van der Waals surface area contributed by atoms with Crippen molar-refractivity contribution in [3.05, 3.63) is 53.2 Å². The molecule has 31 heavy (non-hydrogen) atoms. The summed E-state index contributed by atoms with van der Waals surface area (Å²) < 4.78 is 28.4. The highest BCUT2D eigenvalue weighted by atomic mass is 19.1. The van der Waals surface area contributed by atoms with Crippen LogP contribution in [0.25, 0.3) is 22.6 Å². The molecule has 0 saturated heterocycles. The Morgan fingerprint density at radius 3 is 2.61 bits per heavy atom. The number of aryl methyl sites for hydroxylation is 2. The van der Waals surface area contributed by atoms with Crippen molar-refractivity contribution >= 4 is 0 Å². The number of rotatable bonds is 5. The van der Waals surface area contributed by atoms with Crippen molar-refractivity contribution in [2.75, 3.05) is 13.2 Å². The van der Waals surface area contributed by atoms with Crippen molar-refractivity contribution < 1.29 is 13.9 Å². The maximum absolute atomic E-state index is 14.4. The van der Waals surface area contributed by atoms with Crippen molar-refractivity contribution in [2.24, 2.45) is 5.92 Å². The van der Waals surface area contributed by atoms with Crippen LogP contribution in [0.3, 0.4) is 0 Å². The molecule has 2 aromatic heterocycles. The Bertz CT molecular complexity index is 1100. The predicted octanol–water partition coefficient (Wildman–Crippen LogP) is 5.12. The Hall–Kier alpha value is -2.73. The third-order valence-corrected chi connectivity index (χ3v) is 5.97. The van der Waals surface area contributed by atoms with Gasteiger partial charge in [-0.1, -0.05) is 0 Å². The van der Waals surface area contributed by atoms with Gasteiger partial charge in [0.05, 0.1) is 31.6 Å². The Kier molecular flexibility index (Phi) is 5.26. The summed E-state index contributed by atoms with van der Waals surface area (Å²) in [5.41, 5.74) is 5.95. The van der Waals surface area contributed by atoms with Gasteiger partial charge in [-0.3, -0.25) is 4.98 Å². The Balaban J connectivity index is 1.61. The minimum Gasteiger partial charge on any atom is -0.490 e. The van der Waals surface area contributed by atoms with Crippen LogP contribution < -0.4 is 4.74 Å². The number of ether oxygens (including phenoxy) is 2. The largest absolute Gasteiger partial charge is 0.490 e. The molecule has 1 saturated carbocycles. The number of halogens is 1. The first-order valence-electron chi connectivity index (χ1n) is 11.1. The maximum Gasteiger partial charge on any atom is 0.165 e. The first-order valence-corrected chi connectivity index (χ1v) is 11.1. The first kappa shape index (κ1) is 20.2. The van der Waals surface area contributed by atoms with Crippen molar-refractivity contribution in [3.8, 4) is 28.4 Å². The number of aromatic nitrogens is 3. The fourth-order valence-electron chi connectivity index (χ4n) is 4.27. The molecule has 0 amide bonds. The van der Waals surface area contributed by atoms with Gasteiger partial charge in [-0.05, 0) is 69.9 Å². The van der Waals surface area contributed by atoms with Crippen LogP contribution in [0.5, 0.6) is 5.75 Å². The highest BCUT2D eigenvalue weighted by molar-refractivity contribution is 5.69. The van der Waals surface area contributed by atoms with E-state index in [2.05, 4.69) is 28.6 Å². The monoisotopic (exact) mass is 421 g/mol. The Labute approximate surface area is 182 Å². The van der Waals surface area contributed by atoms with Gasteiger partial charge in [0.15, 0.2) is 11.6 Å². The van der Waals surface area contributed by atoms with Crippen LogP contribution in [0.4, 0.5) is 4.39 Å². The van der Waals surface area contributed by atoms with Crippen molar-refractivity contribution in [1.29, 1.82) is 0 Å². The molecule has 0 radical (unpaired) electrons. The minimum atomic E-state index is -0.329. The lowest BCUT2D eigenvalue weighted by molar-refractivity contribution is 0.0666. The van der Waals surface area contributed by atoms with E-state index in [0.29, 0.717) is 31.4 Å². The molecule has 1 atom stereocenters. The summed E-state index contributed by atoms with van der Waals surface area (Å²) in [5.74, 6) is 1.36. The SMILES string of the molecule is Cc1cc(-c2nc(-c3ccc(F)c(OCC4CC4)c3)n3c2CCO[C@H](C)C3)cc(C)n1. The van der Waals surface area contributed by atoms with Crippen molar-refractivity contribution in [2.45, 2.75) is 52.7 Å². The minimum absolute atomic E-state index is 0.0778. The average molecular weight is 422 g/mol. The van der Waals surface area contributed by atoms with E-state index in [0.717, 1.165) is 46.1 Å². The molecular weight excluding hydrogens is 393 g/mol. The van der Waals surface area contributed by atoms with E-state index in [4.69, 9.17) is 14.5 Å². The van der Waals surface area contributed by atoms with Crippen LogP contribution in [0.2, 0.25) is 0 Å². The maximum atomic E-state index is 14.4. The lowest BCUT2D eigenvalue weighted by Gasteiger charge is -2.14. The summed E-state index contributed by atoms with van der Waals surface area (Å²) >= 11 is 0. The lowest BCUT2D eigenvalue weighted by atomic mass is 10.1. The molecule has 1 aliphatic heterocycles. The standard InChI is InChI=1S/C25H28FN3O2/c1-15-10-20(11-16(2)27-15)24-22-8-9-30-17(3)13-29(22)25(28-24)19-6-7-21(26)23(12-19)31-14-18-4-5-18/h6-7,10-12,17-18H,4-5,8-9,13-14H2,1-3H3/t17-/m1/s1. The number of imidazole rings is 1.